The lowest BCUT2D eigenvalue weighted by atomic mass is 10.0. The summed E-state index contributed by atoms with van der Waals surface area (Å²) < 4.78 is 13.0. The molecule has 2 aliphatic rings. The molecule has 4 heterocycles. The van der Waals surface area contributed by atoms with Gasteiger partial charge in [-0.05, 0) is 53.1 Å². The average Bonchev–Trinajstić information content (AvgIpc) is 3.60. The van der Waals surface area contributed by atoms with Gasteiger partial charge in [0.25, 0.3) is 5.91 Å². The summed E-state index contributed by atoms with van der Waals surface area (Å²) in [6.07, 6.45) is 4.31. The molecule has 1 amide bonds. The molecule has 1 saturated heterocycles. The Morgan fingerprint density at radius 1 is 1.25 bits per heavy atom. The first-order chi connectivity index (χ1) is 15.7. The van der Waals surface area contributed by atoms with Gasteiger partial charge in [-0.1, -0.05) is 35.5 Å². The maximum absolute atomic E-state index is 13.2. The summed E-state index contributed by atoms with van der Waals surface area (Å²) in [6.45, 7) is 1.35. The fraction of sp³-hybridized carbons (Fsp3) is 0.381. The average molecular weight is 473 g/mol. The maximum Gasteiger partial charge on any atom is 0.253 e. The van der Waals surface area contributed by atoms with Crippen LogP contribution in [0, 0.1) is 0 Å². The largest absolute Gasteiger partial charge is 0.467 e. The number of furan rings is 1. The third kappa shape index (κ3) is 4.57. The Labute approximate surface area is 193 Å². The van der Waals surface area contributed by atoms with Crippen molar-refractivity contribution in [1.82, 2.24) is 25.2 Å². The fourth-order valence-electron chi connectivity index (χ4n) is 3.85. The monoisotopic (exact) mass is 472 g/mol. The zero-order valence-electron chi connectivity index (χ0n) is 17.1. The molecule has 2 aliphatic heterocycles. The molecule has 0 N–H and O–H groups in total. The Balaban J connectivity index is 1.30. The highest BCUT2D eigenvalue weighted by molar-refractivity contribution is 7.99. The van der Waals surface area contributed by atoms with E-state index in [4.69, 9.17) is 20.8 Å². The van der Waals surface area contributed by atoms with E-state index in [9.17, 15) is 4.79 Å². The lowest BCUT2D eigenvalue weighted by Gasteiger charge is -2.19. The predicted octanol–water partition coefficient (Wildman–Crippen LogP) is 3.57. The van der Waals surface area contributed by atoms with Crippen LogP contribution in [0.4, 0.5) is 0 Å². The molecule has 0 saturated carbocycles. The molecule has 2 atom stereocenters. The van der Waals surface area contributed by atoms with Crippen molar-refractivity contribution in [3.63, 3.8) is 0 Å². The van der Waals surface area contributed by atoms with Gasteiger partial charge in [0.2, 0.25) is 5.16 Å². The molecule has 0 spiro atoms. The molecule has 1 aromatic carbocycles. The first-order valence-electron chi connectivity index (χ1n) is 10.4. The van der Waals surface area contributed by atoms with Crippen molar-refractivity contribution in [1.29, 1.82) is 0 Å². The standard InChI is InChI=1S/C21H21ClN6O3S/c22-15-7-5-14(6-8-15)17-11-18(19-4-2-10-31-19)28(24-17)20(29)13-32-21-23-25-26-27(21)12-16-3-1-9-30-16/h2,4-8,10,16,18H,1,3,9,11-13H2. The van der Waals surface area contributed by atoms with Crippen molar-refractivity contribution >= 4 is 35.0 Å². The minimum atomic E-state index is -0.299. The van der Waals surface area contributed by atoms with Gasteiger partial charge in [-0.15, -0.1) is 5.10 Å². The number of ether oxygens (including phenoxy) is 1. The van der Waals surface area contributed by atoms with Crippen molar-refractivity contribution in [3.05, 3.63) is 59.0 Å². The van der Waals surface area contributed by atoms with E-state index >= 15 is 0 Å². The molecule has 0 radical (unpaired) electrons. The molecule has 3 aromatic rings. The van der Waals surface area contributed by atoms with E-state index in [1.54, 1.807) is 10.9 Å². The van der Waals surface area contributed by atoms with E-state index in [1.807, 2.05) is 36.4 Å². The van der Waals surface area contributed by atoms with Crippen molar-refractivity contribution in [2.75, 3.05) is 12.4 Å². The van der Waals surface area contributed by atoms with Gasteiger partial charge in [0.05, 0.1) is 30.4 Å². The fourth-order valence-corrected chi connectivity index (χ4v) is 4.71. The van der Waals surface area contributed by atoms with Crippen LogP contribution in [0.1, 0.15) is 36.6 Å². The molecule has 0 aliphatic carbocycles. The summed E-state index contributed by atoms with van der Waals surface area (Å²) in [6, 6.07) is 10.8. The predicted molar refractivity (Wildman–Crippen MR) is 118 cm³/mol. The Morgan fingerprint density at radius 3 is 2.88 bits per heavy atom. The van der Waals surface area contributed by atoms with Crippen LogP contribution in [0.15, 0.2) is 57.3 Å². The third-order valence-corrected chi connectivity index (χ3v) is 6.63. The van der Waals surface area contributed by atoms with Crippen LogP contribution in [-0.4, -0.2) is 55.3 Å². The number of hydrazone groups is 1. The highest BCUT2D eigenvalue weighted by atomic mass is 35.5. The molecule has 11 heteroatoms. The quantitative estimate of drug-likeness (QED) is 0.484. The summed E-state index contributed by atoms with van der Waals surface area (Å²) in [4.78, 5) is 13.2. The number of benzene rings is 1. The number of hydrogen-bond acceptors (Lipinski definition) is 8. The summed E-state index contributed by atoms with van der Waals surface area (Å²) in [5, 5.41) is 19.3. The van der Waals surface area contributed by atoms with Crippen molar-refractivity contribution < 1.29 is 13.9 Å². The van der Waals surface area contributed by atoms with Crippen LogP contribution < -0.4 is 0 Å². The van der Waals surface area contributed by atoms with Crippen LogP contribution in [0.5, 0.6) is 0 Å². The first kappa shape index (κ1) is 21.2. The number of thioether (sulfide) groups is 1. The molecule has 9 nitrogen and oxygen atoms in total. The Bertz CT molecular complexity index is 1100. The lowest BCUT2D eigenvalue weighted by Crippen LogP contribution is -2.28. The van der Waals surface area contributed by atoms with E-state index in [2.05, 4.69) is 20.6 Å². The Kier molecular flexibility index (Phi) is 6.24. The normalized spacial score (nSPS) is 20.7. The highest BCUT2D eigenvalue weighted by Gasteiger charge is 2.35. The van der Waals surface area contributed by atoms with Crippen LogP contribution in [0.3, 0.4) is 0 Å². The minimum Gasteiger partial charge on any atom is -0.467 e. The first-order valence-corrected chi connectivity index (χ1v) is 11.7. The summed E-state index contributed by atoms with van der Waals surface area (Å²) in [7, 11) is 0. The number of carbonyl (C=O) groups excluding carboxylic acids is 1. The van der Waals surface area contributed by atoms with Crippen molar-refractivity contribution in [2.24, 2.45) is 5.10 Å². The number of carbonyl (C=O) groups is 1. The second kappa shape index (κ2) is 9.43. The number of rotatable bonds is 7. The van der Waals surface area contributed by atoms with Crippen LogP contribution in [-0.2, 0) is 16.1 Å². The summed E-state index contributed by atoms with van der Waals surface area (Å²) in [5.41, 5.74) is 1.74. The number of tetrazole rings is 1. The van der Waals surface area contributed by atoms with Crippen LogP contribution >= 0.6 is 23.4 Å². The Hall–Kier alpha value is -2.69. The molecular formula is C21H21ClN6O3S. The van der Waals surface area contributed by atoms with Gasteiger partial charge in [0, 0.05) is 18.1 Å². The molecular weight excluding hydrogens is 452 g/mol. The van der Waals surface area contributed by atoms with Gasteiger partial charge in [-0.25, -0.2) is 9.69 Å². The second-order valence-corrected chi connectivity index (χ2v) is 8.97. The second-order valence-electron chi connectivity index (χ2n) is 7.59. The number of amides is 1. The molecule has 1 fully saturated rings. The molecule has 0 bridgehead atoms. The molecule has 32 heavy (non-hydrogen) atoms. The summed E-state index contributed by atoms with van der Waals surface area (Å²) >= 11 is 7.31. The number of nitrogens with zero attached hydrogens (tertiary/aromatic N) is 6. The number of halogens is 1. The van der Waals surface area contributed by atoms with Crippen LogP contribution in [0.25, 0.3) is 0 Å². The van der Waals surface area contributed by atoms with E-state index in [0.717, 1.165) is 30.7 Å². The molecule has 2 aromatic heterocycles. The van der Waals surface area contributed by atoms with Gasteiger partial charge in [0.1, 0.15) is 11.8 Å². The zero-order chi connectivity index (χ0) is 21.9. The van der Waals surface area contributed by atoms with E-state index < -0.39 is 0 Å². The zero-order valence-corrected chi connectivity index (χ0v) is 18.7. The van der Waals surface area contributed by atoms with Crippen molar-refractivity contribution in [2.45, 2.75) is 43.1 Å². The SMILES string of the molecule is O=C(CSc1nnnn1CC1CCCO1)N1N=C(c2ccc(Cl)cc2)CC1c1ccco1. The van der Waals surface area contributed by atoms with Gasteiger partial charge >= 0.3 is 0 Å². The van der Waals surface area contributed by atoms with E-state index in [1.165, 1.54) is 16.8 Å². The number of hydrogen-bond donors (Lipinski definition) is 0. The molecule has 166 valence electrons. The number of aromatic nitrogens is 4. The highest BCUT2D eigenvalue weighted by Crippen LogP contribution is 2.34. The van der Waals surface area contributed by atoms with Gasteiger partial charge in [-0.3, -0.25) is 4.79 Å². The van der Waals surface area contributed by atoms with Gasteiger partial charge < -0.3 is 9.15 Å². The lowest BCUT2D eigenvalue weighted by molar-refractivity contribution is -0.130. The minimum absolute atomic E-state index is 0.113. The van der Waals surface area contributed by atoms with Crippen molar-refractivity contribution in [3.8, 4) is 0 Å². The molecule has 5 rings (SSSR count). The third-order valence-electron chi connectivity index (χ3n) is 5.44. The topological polar surface area (TPSA) is 98.6 Å². The summed E-state index contributed by atoms with van der Waals surface area (Å²) in [5.74, 6) is 0.701. The Morgan fingerprint density at radius 2 is 2.12 bits per heavy atom. The maximum atomic E-state index is 13.2. The van der Waals surface area contributed by atoms with E-state index in [0.29, 0.717) is 28.9 Å². The van der Waals surface area contributed by atoms with Crippen LogP contribution in [0.2, 0.25) is 5.02 Å². The smallest absolute Gasteiger partial charge is 0.253 e. The molecule has 2 unspecified atom stereocenters. The van der Waals surface area contributed by atoms with Gasteiger partial charge in [0.15, 0.2) is 0 Å². The van der Waals surface area contributed by atoms with Gasteiger partial charge in [-0.2, -0.15) is 5.10 Å². The van der Waals surface area contributed by atoms with E-state index in [-0.39, 0.29) is 23.8 Å².